The summed E-state index contributed by atoms with van der Waals surface area (Å²) < 4.78 is 10.3. The van der Waals surface area contributed by atoms with Crippen LogP contribution in [0.1, 0.15) is 36.4 Å². The van der Waals surface area contributed by atoms with Gasteiger partial charge in [-0.2, -0.15) is 0 Å². The fraction of sp³-hybridized carbons (Fsp3) is 0.615. The molecule has 1 aromatic heterocycles. The number of esters is 1. The van der Waals surface area contributed by atoms with E-state index in [9.17, 15) is 4.79 Å². The molecule has 1 aliphatic carbocycles. The van der Waals surface area contributed by atoms with Gasteiger partial charge in [0.2, 0.25) is 0 Å². The Morgan fingerprint density at radius 3 is 2.79 bits per heavy atom. The summed E-state index contributed by atoms with van der Waals surface area (Å²) in [4.78, 5) is 12.2. The first-order chi connectivity index (χ1) is 9.12. The Morgan fingerprint density at radius 1 is 1.53 bits per heavy atom. The molecule has 0 bridgehead atoms. The summed E-state index contributed by atoms with van der Waals surface area (Å²) in [6.07, 6.45) is 2.32. The lowest BCUT2D eigenvalue weighted by molar-refractivity contribution is 0.0533. The number of thiophene rings is 1. The van der Waals surface area contributed by atoms with Crippen molar-refractivity contribution in [3.05, 3.63) is 4.88 Å². The zero-order valence-corrected chi connectivity index (χ0v) is 12.3. The largest absolute Gasteiger partial charge is 0.492 e. The molecule has 106 valence electrons. The van der Waals surface area contributed by atoms with E-state index >= 15 is 0 Å². The maximum Gasteiger partial charge on any atom is 0.350 e. The Labute approximate surface area is 117 Å². The van der Waals surface area contributed by atoms with E-state index in [1.807, 2.05) is 0 Å². The first kappa shape index (κ1) is 14.0. The second-order valence-corrected chi connectivity index (χ2v) is 5.60. The van der Waals surface area contributed by atoms with Crippen LogP contribution in [0.2, 0.25) is 0 Å². The van der Waals surface area contributed by atoms with Crippen LogP contribution in [0.15, 0.2) is 0 Å². The fourth-order valence-electron chi connectivity index (χ4n) is 2.12. The van der Waals surface area contributed by atoms with Gasteiger partial charge in [0.15, 0.2) is 5.75 Å². The van der Waals surface area contributed by atoms with Crippen molar-refractivity contribution in [3.8, 4) is 5.75 Å². The van der Waals surface area contributed by atoms with Crippen LogP contribution in [0.25, 0.3) is 0 Å². The van der Waals surface area contributed by atoms with Crippen molar-refractivity contribution in [2.75, 3.05) is 24.8 Å². The van der Waals surface area contributed by atoms with Gasteiger partial charge in [0, 0.05) is 6.04 Å². The molecule has 2 unspecified atom stereocenters. The topological polar surface area (TPSA) is 73.6 Å². The second kappa shape index (κ2) is 5.69. The molecule has 1 saturated carbocycles. The Hall–Kier alpha value is -1.43. The van der Waals surface area contributed by atoms with Gasteiger partial charge < -0.3 is 20.5 Å². The number of rotatable bonds is 6. The number of ether oxygens (including phenoxy) is 2. The van der Waals surface area contributed by atoms with E-state index in [-0.39, 0.29) is 5.97 Å². The van der Waals surface area contributed by atoms with Gasteiger partial charge in [0.25, 0.3) is 0 Å². The summed E-state index contributed by atoms with van der Waals surface area (Å²) in [5, 5.41) is 4.22. The number of anilines is 2. The van der Waals surface area contributed by atoms with Crippen molar-refractivity contribution < 1.29 is 14.3 Å². The summed E-state index contributed by atoms with van der Waals surface area (Å²) in [7, 11) is 1.56. The van der Waals surface area contributed by atoms with E-state index in [0.29, 0.717) is 34.9 Å². The van der Waals surface area contributed by atoms with Gasteiger partial charge in [-0.3, -0.25) is 0 Å². The van der Waals surface area contributed by atoms with Crippen LogP contribution < -0.4 is 15.8 Å². The predicted molar refractivity (Wildman–Crippen MR) is 77.0 cm³/mol. The van der Waals surface area contributed by atoms with E-state index in [1.54, 1.807) is 14.0 Å². The molecule has 0 amide bonds. The molecule has 2 atom stereocenters. The zero-order valence-electron chi connectivity index (χ0n) is 11.5. The Morgan fingerprint density at radius 2 is 2.26 bits per heavy atom. The second-order valence-electron chi connectivity index (χ2n) is 4.58. The van der Waals surface area contributed by atoms with Gasteiger partial charge in [-0.15, -0.1) is 11.3 Å². The molecule has 2 rings (SSSR count). The van der Waals surface area contributed by atoms with Gasteiger partial charge in [-0.1, -0.05) is 13.3 Å². The molecule has 1 fully saturated rings. The van der Waals surface area contributed by atoms with Gasteiger partial charge in [0.1, 0.15) is 15.6 Å². The predicted octanol–water partition coefficient (Wildman–Crippen LogP) is 2.73. The lowest BCUT2D eigenvalue weighted by atomic mass is 10.3. The van der Waals surface area contributed by atoms with E-state index < -0.39 is 0 Å². The minimum atomic E-state index is -0.390. The molecule has 5 nitrogen and oxygen atoms in total. The normalized spacial score (nSPS) is 21.0. The number of nitrogens with one attached hydrogen (secondary N) is 1. The lowest BCUT2D eigenvalue weighted by Crippen LogP contribution is -2.05. The molecule has 19 heavy (non-hydrogen) atoms. The summed E-state index contributed by atoms with van der Waals surface area (Å²) in [6.45, 7) is 4.28. The molecule has 0 aliphatic heterocycles. The third-order valence-electron chi connectivity index (χ3n) is 3.33. The lowest BCUT2D eigenvalue weighted by Gasteiger charge is -2.05. The number of carbonyl (C=O) groups excluding carboxylic acids is 1. The zero-order chi connectivity index (χ0) is 14.0. The van der Waals surface area contributed by atoms with Crippen LogP contribution in [0.5, 0.6) is 5.75 Å². The van der Waals surface area contributed by atoms with Crippen LogP contribution >= 0.6 is 11.3 Å². The molecule has 3 N–H and O–H groups in total. The van der Waals surface area contributed by atoms with Crippen molar-refractivity contribution in [3.63, 3.8) is 0 Å². The van der Waals surface area contributed by atoms with Crippen LogP contribution in [0.4, 0.5) is 10.7 Å². The van der Waals surface area contributed by atoms with Gasteiger partial charge in [-0.05, 0) is 19.3 Å². The third-order valence-corrected chi connectivity index (χ3v) is 4.43. The Bertz CT molecular complexity index is 473. The van der Waals surface area contributed by atoms with E-state index in [1.165, 1.54) is 11.3 Å². The van der Waals surface area contributed by atoms with E-state index in [4.69, 9.17) is 15.2 Å². The number of nitrogens with two attached hydrogens (primary N) is 1. The Kier molecular flexibility index (Phi) is 4.19. The summed E-state index contributed by atoms with van der Waals surface area (Å²) in [5.74, 6) is 0.869. The van der Waals surface area contributed by atoms with Crippen LogP contribution in [-0.4, -0.2) is 25.7 Å². The highest BCUT2D eigenvalue weighted by Gasteiger charge is 2.37. The number of nitrogen functional groups attached to an aromatic ring is 1. The van der Waals surface area contributed by atoms with Gasteiger partial charge in [0.05, 0.1) is 13.7 Å². The van der Waals surface area contributed by atoms with Crippen molar-refractivity contribution in [2.45, 2.75) is 32.7 Å². The molecular weight excluding hydrogens is 264 g/mol. The third kappa shape index (κ3) is 2.78. The molecule has 0 saturated heterocycles. The van der Waals surface area contributed by atoms with Crippen molar-refractivity contribution in [1.82, 2.24) is 0 Å². The number of methoxy groups -OCH3 is 1. The smallest absolute Gasteiger partial charge is 0.350 e. The number of carbonyl (C=O) groups is 1. The molecule has 1 heterocycles. The number of hydrogen-bond acceptors (Lipinski definition) is 6. The molecular formula is C13H20N2O3S. The average molecular weight is 284 g/mol. The molecule has 1 aliphatic rings. The van der Waals surface area contributed by atoms with E-state index in [0.717, 1.165) is 17.8 Å². The minimum Gasteiger partial charge on any atom is -0.492 e. The molecule has 0 aromatic carbocycles. The quantitative estimate of drug-likeness (QED) is 0.786. The van der Waals surface area contributed by atoms with Crippen molar-refractivity contribution in [1.29, 1.82) is 0 Å². The molecule has 1 aromatic rings. The highest BCUT2D eigenvalue weighted by Crippen LogP contribution is 2.46. The number of hydrogen-bond donors (Lipinski definition) is 2. The highest BCUT2D eigenvalue weighted by molar-refractivity contribution is 7.19. The van der Waals surface area contributed by atoms with Crippen molar-refractivity contribution in [2.24, 2.45) is 5.92 Å². The van der Waals surface area contributed by atoms with Crippen molar-refractivity contribution >= 4 is 28.0 Å². The van der Waals surface area contributed by atoms with Crippen LogP contribution in [0.3, 0.4) is 0 Å². The molecule has 6 heteroatoms. The summed E-state index contributed by atoms with van der Waals surface area (Å²) in [6, 6.07) is 0.465. The minimum absolute atomic E-state index is 0.335. The maximum absolute atomic E-state index is 11.8. The molecule has 0 spiro atoms. The average Bonchev–Trinajstić information content (AvgIpc) is 3.06. The monoisotopic (exact) mass is 284 g/mol. The summed E-state index contributed by atoms with van der Waals surface area (Å²) in [5.41, 5.74) is 6.32. The van der Waals surface area contributed by atoms with Gasteiger partial charge in [-0.25, -0.2) is 4.79 Å². The summed E-state index contributed by atoms with van der Waals surface area (Å²) >= 11 is 1.30. The fourth-order valence-corrected chi connectivity index (χ4v) is 3.16. The van der Waals surface area contributed by atoms with Crippen LogP contribution in [0, 0.1) is 5.92 Å². The molecule has 0 radical (unpaired) electrons. The Balaban J connectivity index is 2.18. The first-order valence-corrected chi connectivity index (χ1v) is 7.33. The first-order valence-electron chi connectivity index (χ1n) is 6.52. The van der Waals surface area contributed by atoms with Gasteiger partial charge >= 0.3 is 5.97 Å². The maximum atomic E-state index is 11.8. The standard InChI is InChI=1S/C13H20N2O3S/c1-4-7-6-8(7)15-12-10(17-3)9(14)11(19-12)13(16)18-5-2/h7-8,15H,4-6,14H2,1-3H3. The van der Waals surface area contributed by atoms with Crippen LogP contribution in [-0.2, 0) is 4.74 Å². The SMILES string of the molecule is CCOC(=O)c1sc(NC2CC2CC)c(OC)c1N. The highest BCUT2D eigenvalue weighted by atomic mass is 32.1. The van der Waals surface area contributed by atoms with E-state index in [2.05, 4.69) is 12.2 Å².